The lowest BCUT2D eigenvalue weighted by atomic mass is 10.2. The molecule has 1 aromatic carbocycles. The SMILES string of the molecule is COc1cc(Br)c(/C=C2\SC(=S)NC2=O)cc1O. The van der Waals surface area contributed by atoms with Gasteiger partial charge in [0.25, 0.3) is 5.91 Å². The fourth-order valence-corrected chi connectivity index (χ4v) is 2.87. The highest BCUT2D eigenvalue weighted by atomic mass is 79.9. The van der Waals surface area contributed by atoms with Gasteiger partial charge in [-0.3, -0.25) is 4.79 Å². The van der Waals surface area contributed by atoms with Crippen molar-refractivity contribution >= 4 is 56.2 Å². The van der Waals surface area contributed by atoms with Crippen LogP contribution in [0.2, 0.25) is 0 Å². The minimum atomic E-state index is -0.229. The molecule has 1 saturated heterocycles. The molecular formula is C11H8BrNO3S2. The fraction of sp³-hybridized carbons (Fsp3) is 0.0909. The van der Waals surface area contributed by atoms with E-state index in [1.807, 2.05) is 0 Å². The Hall–Kier alpha value is -1.05. The average Bonchev–Trinajstić information content (AvgIpc) is 2.62. The summed E-state index contributed by atoms with van der Waals surface area (Å²) in [4.78, 5) is 12.0. The molecular weight excluding hydrogens is 338 g/mol. The van der Waals surface area contributed by atoms with Gasteiger partial charge >= 0.3 is 0 Å². The van der Waals surface area contributed by atoms with Crippen LogP contribution in [0.4, 0.5) is 0 Å². The van der Waals surface area contributed by atoms with Crippen LogP contribution in [0.3, 0.4) is 0 Å². The number of hydrogen-bond acceptors (Lipinski definition) is 5. The molecule has 18 heavy (non-hydrogen) atoms. The summed E-state index contributed by atoms with van der Waals surface area (Å²) in [5.41, 5.74) is 0.677. The molecule has 0 saturated carbocycles. The number of amides is 1. The second-order valence-corrected chi connectivity index (χ2v) is 5.97. The van der Waals surface area contributed by atoms with E-state index in [2.05, 4.69) is 21.2 Å². The summed E-state index contributed by atoms with van der Waals surface area (Å²) in [7, 11) is 1.47. The number of methoxy groups -OCH3 is 1. The van der Waals surface area contributed by atoms with Gasteiger partial charge < -0.3 is 15.2 Å². The largest absolute Gasteiger partial charge is 0.504 e. The number of thiocarbonyl (C=S) groups is 1. The van der Waals surface area contributed by atoms with E-state index in [0.717, 1.165) is 4.47 Å². The number of aromatic hydroxyl groups is 1. The second-order valence-electron chi connectivity index (χ2n) is 3.40. The number of thioether (sulfide) groups is 1. The fourth-order valence-electron chi connectivity index (χ4n) is 1.40. The Morgan fingerprint density at radius 3 is 2.83 bits per heavy atom. The number of carbonyl (C=O) groups is 1. The number of rotatable bonds is 2. The molecule has 0 spiro atoms. The lowest BCUT2D eigenvalue weighted by Gasteiger charge is -2.06. The third-order valence-electron chi connectivity index (χ3n) is 2.23. The van der Waals surface area contributed by atoms with E-state index < -0.39 is 0 Å². The van der Waals surface area contributed by atoms with Crippen LogP contribution in [0.25, 0.3) is 6.08 Å². The smallest absolute Gasteiger partial charge is 0.263 e. The van der Waals surface area contributed by atoms with Gasteiger partial charge in [-0.05, 0) is 23.8 Å². The molecule has 4 nitrogen and oxygen atoms in total. The van der Waals surface area contributed by atoms with Crippen LogP contribution in [0.5, 0.6) is 11.5 Å². The van der Waals surface area contributed by atoms with Gasteiger partial charge in [0, 0.05) is 4.47 Å². The number of halogens is 1. The first-order chi connectivity index (χ1) is 8.51. The molecule has 0 bridgehead atoms. The Bertz CT molecular complexity index is 572. The zero-order chi connectivity index (χ0) is 13.3. The quantitative estimate of drug-likeness (QED) is 0.637. The summed E-state index contributed by atoms with van der Waals surface area (Å²) >= 11 is 9.44. The van der Waals surface area contributed by atoms with Crippen molar-refractivity contribution in [1.29, 1.82) is 0 Å². The van der Waals surface area contributed by atoms with E-state index in [9.17, 15) is 9.90 Å². The molecule has 1 fully saturated rings. The molecule has 7 heteroatoms. The standard InChI is InChI=1S/C11H8BrNO3S2/c1-16-8-4-6(12)5(2-7(8)14)3-9-10(15)13-11(17)18-9/h2-4,14H,1H3,(H,13,15,17)/b9-3-. The number of hydrogen-bond donors (Lipinski definition) is 2. The van der Waals surface area contributed by atoms with Crippen molar-refractivity contribution in [2.24, 2.45) is 0 Å². The summed E-state index contributed by atoms with van der Waals surface area (Å²) in [5, 5.41) is 12.2. The molecule has 1 amide bonds. The normalized spacial score (nSPS) is 17.1. The predicted molar refractivity (Wildman–Crippen MR) is 78.7 cm³/mol. The lowest BCUT2D eigenvalue weighted by molar-refractivity contribution is -0.115. The monoisotopic (exact) mass is 345 g/mol. The van der Waals surface area contributed by atoms with Gasteiger partial charge in [0.15, 0.2) is 11.5 Å². The second kappa shape index (κ2) is 5.29. The van der Waals surface area contributed by atoms with Crippen molar-refractivity contribution in [1.82, 2.24) is 5.32 Å². The van der Waals surface area contributed by atoms with Gasteiger partial charge in [0.05, 0.1) is 12.0 Å². The molecule has 1 aliphatic rings. The molecule has 0 radical (unpaired) electrons. The van der Waals surface area contributed by atoms with Crippen molar-refractivity contribution in [3.05, 3.63) is 27.1 Å². The summed E-state index contributed by atoms with van der Waals surface area (Å²) in [5.74, 6) is 0.147. The summed E-state index contributed by atoms with van der Waals surface area (Å²) < 4.78 is 6.13. The van der Waals surface area contributed by atoms with Crippen molar-refractivity contribution in [3.63, 3.8) is 0 Å². The first-order valence-corrected chi connectivity index (χ1v) is 6.84. The number of carbonyl (C=O) groups excluding carboxylic acids is 1. The van der Waals surface area contributed by atoms with E-state index in [1.54, 1.807) is 12.1 Å². The molecule has 1 aromatic rings. The van der Waals surface area contributed by atoms with Gasteiger partial charge in [-0.1, -0.05) is 39.9 Å². The van der Waals surface area contributed by atoms with Gasteiger partial charge in [-0.25, -0.2) is 0 Å². The third kappa shape index (κ3) is 2.68. The number of phenols is 1. The maximum atomic E-state index is 11.5. The van der Waals surface area contributed by atoms with Crippen LogP contribution in [-0.4, -0.2) is 22.4 Å². The number of ether oxygens (including phenoxy) is 1. The minimum Gasteiger partial charge on any atom is -0.504 e. The highest BCUT2D eigenvalue weighted by Gasteiger charge is 2.22. The summed E-state index contributed by atoms with van der Waals surface area (Å²) in [6.07, 6.45) is 1.66. The molecule has 1 aliphatic heterocycles. The number of phenolic OH excluding ortho intramolecular Hbond substituents is 1. The predicted octanol–water partition coefficient (Wildman–Crippen LogP) is 2.65. The molecule has 0 aromatic heterocycles. The summed E-state index contributed by atoms with van der Waals surface area (Å²) in [6.45, 7) is 0. The molecule has 0 unspecified atom stereocenters. The maximum absolute atomic E-state index is 11.5. The Morgan fingerprint density at radius 1 is 1.56 bits per heavy atom. The Balaban J connectivity index is 2.41. The van der Waals surface area contributed by atoms with E-state index in [4.69, 9.17) is 17.0 Å². The topological polar surface area (TPSA) is 58.6 Å². The molecule has 2 rings (SSSR count). The van der Waals surface area contributed by atoms with Crippen LogP contribution in [-0.2, 0) is 4.79 Å². The van der Waals surface area contributed by atoms with Crippen molar-refractivity contribution < 1.29 is 14.6 Å². The zero-order valence-corrected chi connectivity index (χ0v) is 12.4. The summed E-state index contributed by atoms with van der Waals surface area (Å²) in [6, 6.07) is 3.16. The Labute approximate surface area is 122 Å². The highest BCUT2D eigenvalue weighted by molar-refractivity contribution is 9.10. The van der Waals surface area contributed by atoms with Crippen LogP contribution >= 0.6 is 39.9 Å². The third-order valence-corrected chi connectivity index (χ3v) is 4.08. The van der Waals surface area contributed by atoms with Gasteiger partial charge in [0.2, 0.25) is 0 Å². The zero-order valence-electron chi connectivity index (χ0n) is 9.19. The average molecular weight is 346 g/mol. The molecule has 1 heterocycles. The van der Waals surface area contributed by atoms with Gasteiger partial charge in [-0.15, -0.1) is 0 Å². The highest BCUT2D eigenvalue weighted by Crippen LogP contribution is 2.35. The maximum Gasteiger partial charge on any atom is 0.263 e. The van der Waals surface area contributed by atoms with Crippen LogP contribution in [0, 0.1) is 0 Å². The number of nitrogens with one attached hydrogen (secondary N) is 1. The van der Waals surface area contributed by atoms with Crippen LogP contribution < -0.4 is 10.1 Å². The minimum absolute atomic E-state index is 0.0125. The van der Waals surface area contributed by atoms with Crippen molar-refractivity contribution in [2.45, 2.75) is 0 Å². The lowest BCUT2D eigenvalue weighted by Crippen LogP contribution is -2.17. The van der Waals surface area contributed by atoms with E-state index >= 15 is 0 Å². The Kier molecular flexibility index (Phi) is 3.94. The molecule has 2 N–H and O–H groups in total. The van der Waals surface area contributed by atoms with Crippen molar-refractivity contribution in [2.75, 3.05) is 7.11 Å². The van der Waals surface area contributed by atoms with E-state index in [-0.39, 0.29) is 11.7 Å². The van der Waals surface area contributed by atoms with Crippen LogP contribution in [0.15, 0.2) is 21.5 Å². The van der Waals surface area contributed by atoms with E-state index in [0.29, 0.717) is 20.5 Å². The van der Waals surface area contributed by atoms with Crippen molar-refractivity contribution in [3.8, 4) is 11.5 Å². The van der Waals surface area contributed by atoms with Crippen LogP contribution in [0.1, 0.15) is 5.56 Å². The molecule has 0 aliphatic carbocycles. The molecule has 0 atom stereocenters. The Morgan fingerprint density at radius 2 is 2.28 bits per heavy atom. The number of benzene rings is 1. The van der Waals surface area contributed by atoms with Gasteiger partial charge in [0.1, 0.15) is 4.32 Å². The van der Waals surface area contributed by atoms with E-state index in [1.165, 1.54) is 24.9 Å². The van der Waals surface area contributed by atoms with Gasteiger partial charge in [-0.2, -0.15) is 0 Å². The first kappa shape index (κ1) is 13.4. The molecule has 94 valence electrons. The first-order valence-electron chi connectivity index (χ1n) is 4.82.